The standard InChI is InChI=1S/C13H25NS/c1-13(9-6-10-15-13)12(14-2)11-7-4-3-5-8-11/h11-12,14H,3-10H2,1-2H3. The average Bonchev–Trinajstić information content (AvgIpc) is 2.68. The first-order valence-corrected chi connectivity index (χ1v) is 7.56. The molecule has 1 saturated heterocycles. The largest absolute Gasteiger partial charge is 0.315 e. The molecule has 1 heterocycles. The Balaban J connectivity index is 2.01. The van der Waals surface area contributed by atoms with Crippen LogP contribution in [0.2, 0.25) is 0 Å². The maximum atomic E-state index is 3.63. The molecule has 2 unspecified atom stereocenters. The summed E-state index contributed by atoms with van der Waals surface area (Å²) in [5.74, 6) is 2.32. The van der Waals surface area contributed by atoms with Crippen molar-refractivity contribution in [2.45, 2.75) is 62.7 Å². The smallest absolute Gasteiger partial charge is 0.0287 e. The lowest BCUT2D eigenvalue weighted by Crippen LogP contribution is -2.49. The Hall–Kier alpha value is 0.310. The number of hydrogen-bond donors (Lipinski definition) is 1. The monoisotopic (exact) mass is 227 g/mol. The van der Waals surface area contributed by atoms with Crippen molar-refractivity contribution in [3.05, 3.63) is 0 Å². The Labute approximate surface area is 98.8 Å². The predicted molar refractivity (Wildman–Crippen MR) is 69.5 cm³/mol. The van der Waals surface area contributed by atoms with Crippen molar-refractivity contribution < 1.29 is 0 Å². The zero-order valence-corrected chi connectivity index (χ0v) is 11.0. The predicted octanol–water partition coefficient (Wildman–Crippen LogP) is 3.44. The minimum absolute atomic E-state index is 0.525. The summed E-state index contributed by atoms with van der Waals surface area (Å²) >= 11 is 2.21. The highest BCUT2D eigenvalue weighted by Crippen LogP contribution is 2.45. The van der Waals surface area contributed by atoms with Crippen LogP contribution in [0.3, 0.4) is 0 Å². The summed E-state index contributed by atoms with van der Waals surface area (Å²) in [5, 5.41) is 3.63. The highest BCUT2D eigenvalue weighted by atomic mass is 32.2. The van der Waals surface area contributed by atoms with E-state index < -0.39 is 0 Å². The van der Waals surface area contributed by atoms with Crippen LogP contribution >= 0.6 is 11.8 Å². The Morgan fingerprint density at radius 1 is 1.20 bits per heavy atom. The van der Waals surface area contributed by atoms with Crippen LogP contribution in [0.1, 0.15) is 51.9 Å². The molecule has 2 heteroatoms. The van der Waals surface area contributed by atoms with Gasteiger partial charge in [-0.25, -0.2) is 0 Å². The van der Waals surface area contributed by atoms with Gasteiger partial charge in [0.2, 0.25) is 0 Å². The van der Waals surface area contributed by atoms with Gasteiger partial charge in [-0.2, -0.15) is 11.8 Å². The molecule has 15 heavy (non-hydrogen) atoms. The SMILES string of the molecule is CNC(C1CCCCC1)C1(C)CCCS1. The third kappa shape index (κ3) is 2.52. The molecule has 0 aromatic carbocycles. The number of hydrogen-bond acceptors (Lipinski definition) is 2. The van der Waals surface area contributed by atoms with Crippen molar-refractivity contribution in [2.75, 3.05) is 12.8 Å². The minimum Gasteiger partial charge on any atom is -0.315 e. The molecule has 1 aliphatic carbocycles. The van der Waals surface area contributed by atoms with E-state index in [1.165, 1.54) is 50.7 Å². The number of rotatable bonds is 3. The summed E-state index contributed by atoms with van der Waals surface area (Å²) in [6, 6.07) is 0.755. The van der Waals surface area contributed by atoms with Gasteiger partial charge in [0.1, 0.15) is 0 Å². The van der Waals surface area contributed by atoms with Crippen molar-refractivity contribution in [3.8, 4) is 0 Å². The molecule has 0 aromatic heterocycles. The quantitative estimate of drug-likeness (QED) is 0.792. The molecule has 0 amide bonds. The van der Waals surface area contributed by atoms with E-state index in [0.29, 0.717) is 4.75 Å². The Morgan fingerprint density at radius 2 is 1.93 bits per heavy atom. The lowest BCUT2D eigenvalue weighted by molar-refractivity contribution is 0.238. The topological polar surface area (TPSA) is 12.0 Å². The van der Waals surface area contributed by atoms with Gasteiger partial charge in [-0.3, -0.25) is 0 Å². The van der Waals surface area contributed by atoms with Crippen molar-refractivity contribution in [2.24, 2.45) is 5.92 Å². The Morgan fingerprint density at radius 3 is 2.47 bits per heavy atom. The van der Waals surface area contributed by atoms with Crippen LogP contribution in [0, 0.1) is 5.92 Å². The first kappa shape index (κ1) is 11.8. The maximum absolute atomic E-state index is 3.63. The van der Waals surface area contributed by atoms with Crippen molar-refractivity contribution >= 4 is 11.8 Å². The maximum Gasteiger partial charge on any atom is 0.0287 e. The molecular weight excluding hydrogens is 202 g/mol. The first-order valence-electron chi connectivity index (χ1n) is 6.57. The van der Waals surface area contributed by atoms with E-state index in [0.717, 1.165) is 12.0 Å². The van der Waals surface area contributed by atoms with E-state index in [2.05, 4.69) is 31.1 Å². The molecule has 1 aliphatic heterocycles. The van der Waals surface area contributed by atoms with Crippen LogP contribution in [0.15, 0.2) is 0 Å². The van der Waals surface area contributed by atoms with E-state index >= 15 is 0 Å². The van der Waals surface area contributed by atoms with Crippen LogP contribution in [0.5, 0.6) is 0 Å². The lowest BCUT2D eigenvalue weighted by Gasteiger charge is -2.40. The fourth-order valence-corrected chi connectivity index (χ4v) is 5.09. The third-order valence-corrected chi connectivity index (χ3v) is 5.95. The fraction of sp³-hybridized carbons (Fsp3) is 1.00. The lowest BCUT2D eigenvalue weighted by atomic mass is 9.77. The van der Waals surface area contributed by atoms with E-state index in [-0.39, 0.29) is 0 Å². The van der Waals surface area contributed by atoms with Crippen LogP contribution < -0.4 is 5.32 Å². The van der Waals surface area contributed by atoms with Gasteiger partial charge < -0.3 is 5.32 Å². The van der Waals surface area contributed by atoms with E-state index in [9.17, 15) is 0 Å². The Kier molecular flexibility index (Phi) is 4.00. The van der Waals surface area contributed by atoms with E-state index in [1.807, 2.05) is 0 Å². The summed E-state index contributed by atoms with van der Waals surface area (Å²) in [4.78, 5) is 0. The van der Waals surface area contributed by atoms with Gasteiger partial charge in [-0.15, -0.1) is 0 Å². The van der Waals surface area contributed by atoms with Gasteiger partial charge in [0.15, 0.2) is 0 Å². The molecule has 0 spiro atoms. The zero-order chi connectivity index (χ0) is 10.7. The van der Waals surface area contributed by atoms with Gasteiger partial charge in [-0.05, 0) is 51.3 Å². The molecule has 0 radical (unpaired) electrons. The van der Waals surface area contributed by atoms with Crippen molar-refractivity contribution in [3.63, 3.8) is 0 Å². The average molecular weight is 227 g/mol. The van der Waals surface area contributed by atoms with Crippen molar-refractivity contribution in [1.29, 1.82) is 0 Å². The summed E-state index contributed by atoms with van der Waals surface area (Å²) in [6.07, 6.45) is 10.2. The molecule has 1 nitrogen and oxygen atoms in total. The third-order valence-electron chi connectivity index (χ3n) is 4.34. The van der Waals surface area contributed by atoms with Gasteiger partial charge in [0, 0.05) is 10.8 Å². The highest BCUT2D eigenvalue weighted by Gasteiger charge is 2.41. The second kappa shape index (κ2) is 5.09. The van der Waals surface area contributed by atoms with Crippen LogP contribution in [-0.2, 0) is 0 Å². The molecule has 2 atom stereocenters. The van der Waals surface area contributed by atoms with E-state index in [4.69, 9.17) is 0 Å². The molecular formula is C13H25NS. The van der Waals surface area contributed by atoms with Gasteiger partial charge in [0.05, 0.1) is 0 Å². The summed E-state index contributed by atoms with van der Waals surface area (Å²) < 4.78 is 0.525. The van der Waals surface area contributed by atoms with Crippen LogP contribution in [0.25, 0.3) is 0 Å². The van der Waals surface area contributed by atoms with Gasteiger partial charge in [-0.1, -0.05) is 19.3 Å². The normalized spacial score (nSPS) is 35.6. The van der Waals surface area contributed by atoms with Gasteiger partial charge >= 0.3 is 0 Å². The van der Waals surface area contributed by atoms with Crippen LogP contribution in [0.4, 0.5) is 0 Å². The van der Waals surface area contributed by atoms with E-state index in [1.54, 1.807) is 0 Å². The Bertz CT molecular complexity index is 193. The molecule has 1 N–H and O–H groups in total. The van der Waals surface area contributed by atoms with Crippen molar-refractivity contribution in [1.82, 2.24) is 5.32 Å². The summed E-state index contributed by atoms with van der Waals surface area (Å²) in [5.41, 5.74) is 0. The zero-order valence-electron chi connectivity index (χ0n) is 10.2. The summed E-state index contributed by atoms with van der Waals surface area (Å²) in [6.45, 7) is 2.49. The molecule has 2 aliphatic rings. The van der Waals surface area contributed by atoms with Gasteiger partial charge in [0.25, 0.3) is 0 Å². The molecule has 0 aromatic rings. The number of nitrogens with one attached hydrogen (secondary N) is 1. The molecule has 2 fully saturated rings. The minimum atomic E-state index is 0.525. The second-order valence-corrected chi connectivity index (χ2v) is 7.06. The molecule has 88 valence electrons. The van der Waals surface area contributed by atoms with Crippen LogP contribution in [-0.4, -0.2) is 23.6 Å². The molecule has 0 bridgehead atoms. The highest BCUT2D eigenvalue weighted by molar-refractivity contribution is 8.00. The molecule has 2 rings (SSSR count). The molecule has 1 saturated carbocycles. The first-order chi connectivity index (χ1) is 7.26. The second-order valence-electron chi connectivity index (χ2n) is 5.43. The fourth-order valence-electron chi connectivity index (χ4n) is 3.55. The summed E-state index contributed by atoms with van der Waals surface area (Å²) in [7, 11) is 2.17. The number of thioether (sulfide) groups is 1.